The fourth-order valence-electron chi connectivity index (χ4n) is 3.23. The largest absolute Gasteiger partial charge is 0.379 e. The fourth-order valence-corrected chi connectivity index (χ4v) is 3.23. The Kier molecular flexibility index (Phi) is 5.41. The Labute approximate surface area is 162 Å². The van der Waals surface area contributed by atoms with Crippen molar-refractivity contribution < 1.29 is 9.66 Å². The van der Waals surface area contributed by atoms with Gasteiger partial charge in [-0.3, -0.25) is 15.0 Å². The number of benzene rings is 2. The van der Waals surface area contributed by atoms with Crippen LogP contribution in [-0.2, 0) is 4.74 Å². The SMILES string of the molecule is O=[N+]([O-])c1ccc(-c2nc(NCCN3CCOCC3)c3ccccc3n2)cc1. The van der Waals surface area contributed by atoms with Gasteiger partial charge in [0.25, 0.3) is 5.69 Å². The summed E-state index contributed by atoms with van der Waals surface area (Å²) >= 11 is 0. The fraction of sp³-hybridized carbons (Fsp3) is 0.300. The van der Waals surface area contributed by atoms with Crippen LogP contribution in [-0.4, -0.2) is 59.2 Å². The molecule has 1 saturated heterocycles. The van der Waals surface area contributed by atoms with E-state index in [2.05, 4.69) is 15.2 Å². The minimum atomic E-state index is -0.413. The molecule has 0 spiro atoms. The molecule has 0 bridgehead atoms. The number of fused-ring (bicyclic) bond motifs is 1. The lowest BCUT2D eigenvalue weighted by molar-refractivity contribution is -0.384. The van der Waals surface area contributed by atoms with Gasteiger partial charge in [0.15, 0.2) is 5.82 Å². The molecule has 2 aromatic carbocycles. The Morgan fingerprint density at radius 1 is 1.07 bits per heavy atom. The van der Waals surface area contributed by atoms with Crippen LogP contribution in [0.15, 0.2) is 48.5 Å². The molecule has 1 aliphatic rings. The summed E-state index contributed by atoms with van der Waals surface area (Å²) in [6.45, 7) is 5.12. The maximum atomic E-state index is 10.9. The van der Waals surface area contributed by atoms with Crippen LogP contribution in [0.25, 0.3) is 22.3 Å². The Hall–Kier alpha value is -3.10. The number of para-hydroxylation sites is 1. The Morgan fingerprint density at radius 2 is 1.82 bits per heavy atom. The first-order chi connectivity index (χ1) is 13.7. The first-order valence-electron chi connectivity index (χ1n) is 9.26. The number of morpholine rings is 1. The Balaban J connectivity index is 1.58. The van der Waals surface area contributed by atoms with Crippen molar-refractivity contribution in [1.82, 2.24) is 14.9 Å². The topological polar surface area (TPSA) is 93.4 Å². The van der Waals surface area contributed by atoms with Gasteiger partial charge in [0.1, 0.15) is 5.82 Å². The predicted octanol–water partition coefficient (Wildman–Crippen LogP) is 2.95. The minimum absolute atomic E-state index is 0.0494. The number of hydrogen-bond acceptors (Lipinski definition) is 7. The molecule has 0 radical (unpaired) electrons. The van der Waals surface area contributed by atoms with Gasteiger partial charge in [-0.2, -0.15) is 0 Å². The van der Waals surface area contributed by atoms with Crippen LogP contribution in [0.2, 0.25) is 0 Å². The number of aromatic nitrogens is 2. The summed E-state index contributed by atoms with van der Waals surface area (Å²) in [5, 5.41) is 15.3. The van der Waals surface area contributed by atoms with Crippen molar-refractivity contribution in [3.8, 4) is 11.4 Å². The number of rotatable bonds is 6. The van der Waals surface area contributed by atoms with Gasteiger partial charge >= 0.3 is 0 Å². The number of nitro groups is 1. The van der Waals surface area contributed by atoms with E-state index >= 15 is 0 Å². The van der Waals surface area contributed by atoms with E-state index in [1.54, 1.807) is 12.1 Å². The van der Waals surface area contributed by atoms with Gasteiger partial charge in [-0.15, -0.1) is 0 Å². The van der Waals surface area contributed by atoms with E-state index in [4.69, 9.17) is 9.72 Å². The van der Waals surface area contributed by atoms with Crippen molar-refractivity contribution in [2.24, 2.45) is 0 Å². The third-order valence-electron chi connectivity index (χ3n) is 4.76. The summed E-state index contributed by atoms with van der Waals surface area (Å²) in [4.78, 5) is 22.1. The highest BCUT2D eigenvalue weighted by Gasteiger charge is 2.13. The molecule has 8 nitrogen and oxygen atoms in total. The van der Waals surface area contributed by atoms with Crippen LogP contribution >= 0.6 is 0 Å². The first kappa shape index (κ1) is 18.3. The van der Waals surface area contributed by atoms with Gasteiger partial charge in [0.2, 0.25) is 0 Å². The second-order valence-corrected chi connectivity index (χ2v) is 6.60. The monoisotopic (exact) mass is 379 g/mol. The van der Waals surface area contributed by atoms with Gasteiger partial charge in [-0.05, 0) is 24.3 Å². The molecule has 1 aromatic heterocycles. The zero-order valence-electron chi connectivity index (χ0n) is 15.4. The molecule has 1 N–H and O–H groups in total. The minimum Gasteiger partial charge on any atom is -0.379 e. The molecule has 1 aliphatic heterocycles. The highest BCUT2D eigenvalue weighted by atomic mass is 16.6. The normalized spacial score (nSPS) is 14.9. The number of nitro benzene ring substituents is 1. The third kappa shape index (κ3) is 4.08. The molecule has 2 heterocycles. The maximum absolute atomic E-state index is 10.9. The first-order valence-corrected chi connectivity index (χ1v) is 9.26. The van der Waals surface area contributed by atoms with Gasteiger partial charge in [-0.25, -0.2) is 9.97 Å². The molecule has 0 unspecified atom stereocenters. The summed E-state index contributed by atoms with van der Waals surface area (Å²) in [6, 6.07) is 14.1. The van der Waals surface area contributed by atoms with E-state index in [1.165, 1.54) is 12.1 Å². The lowest BCUT2D eigenvalue weighted by Gasteiger charge is -2.26. The zero-order valence-corrected chi connectivity index (χ0v) is 15.4. The highest BCUT2D eigenvalue weighted by molar-refractivity contribution is 5.90. The van der Waals surface area contributed by atoms with Crippen LogP contribution in [0.5, 0.6) is 0 Å². The van der Waals surface area contributed by atoms with Crippen LogP contribution in [0.3, 0.4) is 0 Å². The third-order valence-corrected chi connectivity index (χ3v) is 4.76. The number of anilines is 1. The predicted molar refractivity (Wildman–Crippen MR) is 107 cm³/mol. The molecule has 3 aromatic rings. The average Bonchev–Trinajstić information content (AvgIpc) is 2.74. The standard InChI is InChI=1S/C20H21N5O3/c26-25(27)16-7-5-15(6-8-16)19-22-18-4-2-1-3-17(18)20(23-19)21-9-10-24-11-13-28-14-12-24/h1-8H,9-14H2,(H,21,22,23). The van der Waals surface area contributed by atoms with Crippen molar-refractivity contribution in [3.63, 3.8) is 0 Å². The Bertz CT molecular complexity index is 971. The second-order valence-electron chi connectivity index (χ2n) is 6.60. The van der Waals surface area contributed by atoms with Gasteiger partial charge in [0, 0.05) is 49.3 Å². The van der Waals surface area contributed by atoms with E-state index in [1.807, 2.05) is 24.3 Å². The van der Waals surface area contributed by atoms with Crippen LogP contribution < -0.4 is 5.32 Å². The molecular weight excluding hydrogens is 358 g/mol. The molecule has 8 heteroatoms. The van der Waals surface area contributed by atoms with Gasteiger partial charge in [-0.1, -0.05) is 12.1 Å². The van der Waals surface area contributed by atoms with Crippen molar-refractivity contribution in [2.45, 2.75) is 0 Å². The molecule has 0 saturated carbocycles. The zero-order chi connectivity index (χ0) is 19.3. The molecule has 144 valence electrons. The average molecular weight is 379 g/mol. The molecule has 0 aliphatic carbocycles. The van der Waals surface area contributed by atoms with Crippen LogP contribution in [0, 0.1) is 10.1 Å². The lowest BCUT2D eigenvalue weighted by atomic mass is 10.1. The van der Waals surface area contributed by atoms with Gasteiger partial charge in [0.05, 0.1) is 23.7 Å². The number of non-ortho nitro benzene ring substituents is 1. The van der Waals surface area contributed by atoms with Crippen molar-refractivity contribution in [1.29, 1.82) is 0 Å². The van der Waals surface area contributed by atoms with E-state index in [9.17, 15) is 10.1 Å². The van der Waals surface area contributed by atoms with Crippen LogP contribution in [0.1, 0.15) is 0 Å². The Morgan fingerprint density at radius 3 is 2.57 bits per heavy atom. The number of hydrogen-bond donors (Lipinski definition) is 1. The number of ether oxygens (including phenoxy) is 1. The molecule has 28 heavy (non-hydrogen) atoms. The van der Waals surface area contributed by atoms with E-state index in [0.29, 0.717) is 5.82 Å². The summed E-state index contributed by atoms with van der Waals surface area (Å²) in [5.74, 6) is 1.31. The summed E-state index contributed by atoms with van der Waals surface area (Å²) in [6.07, 6.45) is 0. The molecule has 0 amide bonds. The lowest BCUT2D eigenvalue weighted by Crippen LogP contribution is -2.39. The van der Waals surface area contributed by atoms with E-state index < -0.39 is 4.92 Å². The summed E-state index contributed by atoms with van der Waals surface area (Å²) in [5.41, 5.74) is 1.63. The molecule has 4 rings (SSSR count). The summed E-state index contributed by atoms with van der Waals surface area (Å²) in [7, 11) is 0. The highest BCUT2D eigenvalue weighted by Crippen LogP contribution is 2.26. The van der Waals surface area contributed by atoms with Gasteiger partial charge < -0.3 is 10.1 Å². The molecule has 1 fully saturated rings. The van der Waals surface area contributed by atoms with Crippen LogP contribution in [0.4, 0.5) is 11.5 Å². The van der Waals surface area contributed by atoms with Crippen molar-refractivity contribution in [2.75, 3.05) is 44.7 Å². The van der Waals surface area contributed by atoms with E-state index in [-0.39, 0.29) is 5.69 Å². The summed E-state index contributed by atoms with van der Waals surface area (Å²) < 4.78 is 5.39. The number of nitrogens with zero attached hydrogens (tertiary/aromatic N) is 4. The smallest absolute Gasteiger partial charge is 0.269 e. The van der Waals surface area contributed by atoms with Crippen molar-refractivity contribution >= 4 is 22.4 Å². The quantitative estimate of drug-likeness (QED) is 0.520. The van der Waals surface area contributed by atoms with Crippen molar-refractivity contribution in [3.05, 3.63) is 58.6 Å². The van der Waals surface area contributed by atoms with E-state index in [0.717, 1.165) is 61.7 Å². The second kappa shape index (κ2) is 8.28. The number of nitrogens with one attached hydrogen (secondary N) is 1. The molecular formula is C20H21N5O3. The maximum Gasteiger partial charge on any atom is 0.269 e. The molecule has 0 atom stereocenters.